The second-order valence-electron chi connectivity index (χ2n) is 4.02. The van der Waals surface area contributed by atoms with Gasteiger partial charge in [-0.15, -0.1) is 0 Å². The minimum absolute atomic E-state index is 0.0562. The molecule has 0 aliphatic rings. The highest BCUT2D eigenvalue weighted by atomic mass is 79.9. The zero-order valence-corrected chi connectivity index (χ0v) is 13.8. The molecule has 0 fully saturated rings. The number of hydrogen-bond donors (Lipinski definition) is 2. The molecule has 0 aliphatic heterocycles. The topological polar surface area (TPSA) is 74.7 Å². The fourth-order valence-electron chi connectivity index (χ4n) is 1.80. The van der Waals surface area contributed by atoms with E-state index >= 15 is 0 Å². The Morgan fingerprint density at radius 1 is 1.35 bits per heavy atom. The molecule has 0 atom stereocenters. The van der Waals surface area contributed by atoms with E-state index < -0.39 is 0 Å². The average Bonchev–Trinajstić information content (AvgIpc) is 2.46. The highest BCUT2D eigenvalue weighted by Crippen LogP contribution is 2.32. The van der Waals surface area contributed by atoms with Gasteiger partial charge in [0.15, 0.2) is 5.84 Å². The summed E-state index contributed by atoms with van der Waals surface area (Å²) in [5.74, 6) is 0.784. The smallest absolute Gasteiger partial charge is 0.172 e. The molecule has 0 aliphatic carbocycles. The van der Waals surface area contributed by atoms with E-state index in [0.29, 0.717) is 5.56 Å². The van der Waals surface area contributed by atoms with Crippen LogP contribution in [0.5, 0.6) is 0 Å². The standard InChI is InChI=1S/C13H12Br2N4O/c1-19(13-10(15)6-8(14)7-17-13)11-5-3-2-4-9(11)12(16)18-20/h2-7,20H,1H3,(H2,16,18). The van der Waals surface area contributed by atoms with Crippen molar-refractivity contribution in [1.82, 2.24) is 4.98 Å². The molecule has 0 radical (unpaired) electrons. The SMILES string of the molecule is CN(c1ccccc1/C(N)=N/O)c1ncc(Br)cc1Br. The van der Waals surface area contributed by atoms with Crippen LogP contribution in [0, 0.1) is 0 Å². The molecule has 5 nitrogen and oxygen atoms in total. The van der Waals surface area contributed by atoms with Crippen molar-refractivity contribution in [3.05, 3.63) is 51.0 Å². The van der Waals surface area contributed by atoms with Crippen LogP contribution >= 0.6 is 31.9 Å². The molecule has 7 heteroatoms. The first-order chi connectivity index (χ1) is 9.54. The van der Waals surface area contributed by atoms with Crippen molar-refractivity contribution in [2.45, 2.75) is 0 Å². The first kappa shape index (κ1) is 14.8. The third-order valence-electron chi connectivity index (χ3n) is 2.76. The van der Waals surface area contributed by atoms with Crippen LogP contribution in [0.3, 0.4) is 0 Å². The van der Waals surface area contributed by atoms with Crippen LogP contribution in [0.1, 0.15) is 5.56 Å². The van der Waals surface area contributed by atoms with E-state index in [1.54, 1.807) is 12.3 Å². The number of nitrogens with zero attached hydrogens (tertiary/aromatic N) is 3. The van der Waals surface area contributed by atoms with Crippen LogP contribution in [0.2, 0.25) is 0 Å². The summed E-state index contributed by atoms with van der Waals surface area (Å²) in [6, 6.07) is 9.28. The largest absolute Gasteiger partial charge is 0.409 e. The normalized spacial score (nSPS) is 11.4. The molecule has 0 saturated heterocycles. The zero-order chi connectivity index (χ0) is 14.7. The molecule has 0 unspecified atom stereocenters. The van der Waals surface area contributed by atoms with E-state index in [1.165, 1.54) is 0 Å². The first-order valence-electron chi connectivity index (χ1n) is 5.66. The van der Waals surface area contributed by atoms with Gasteiger partial charge in [0.1, 0.15) is 5.82 Å². The van der Waals surface area contributed by atoms with Crippen LogP contribution in [-0.4, -0.2) is 23.1 Å². The highest BCUT2D eigenvalue weighted by molar-refractivity contribution is 9.11. The summed E-state index contributed by atoms with van der Waals surface area (Å²) in [7, 11) is 1.87. The van der Waals surface area contributed by atoms with Gasteiger partial charge in [0.05, 0.1) is 10.2 Å². The third-order valence-corrected chi connectivity index (χ3v) is 3.77. The van der Waals surface area contributed by atoms with Crippen LogP contribution in [0.4, 0.5) is 11.5 Å². The van der Waals surface area contributed by atoms with Crippen LogP contribution in [0.15, 0.2) is 50.6 Å². The lowest BCUT2D eigenvalue weighted by molar-refractivity contribution is 0.318. The average molecular weight is 400 g/mol. The lowest BCUT2D eigenvalue weighted by Gasteiger charge is -2.22. The Bertz CT molecular complexity index is 661. The molecule has 3 N–H and O–H groups in total. The van der Waals surface area contributed by atoms with Gasteiger partial charge in [-0.1, -0.05) is 17.3 Å². The van der Waals surface area contributed by atoms with Crippen molar-refractivity contribution in [3.63, 3.8) is 0 Å². The molecule has 0 saturated carbocycles. The number of aromatic nitrogens is 1. The van der Waals surface area contributed by atoms with E-state index in [4.69, 9.17) is 10.9 Å². The Kier molecular flexibility index (Phi) is 4.61. The highest BCUT2D eigenvalue weighted by Gasteiger charge is 2.15. The van der Waals surface area contributed by atoms with Gasteiger partial charge in [0, 0.05) is 23.3 Å². The predicted molar refractivity (Wildman–Crippen MR) is 86.7 cm³/mol. The van der Waals surface area contributed by atoms with Gasteiger partial charge in [0.25, 0.3) is 0 Å². The summed E-state index contributed by atoms with van der Waals surface area (Å²) in [5.41, 5.74) is 7.13. The Labute approximate surface area is 133 Å². The monoisotopic (exact) mass is 398 g/mol. The Morgan fingerprint density at radius 2 is 2.05 bits per heavy atom. The molecule has 2 aromatic rings. The van der Waals surface area contributed by atoms with Crippen LogP contribution < -0.4 is 10.6 Å². The number of halogens is 2. The number of oxime groups is 1. The second-order valence-corrected chi connectivity index (χ2v) is 5.79. The molecule has 20 heavy (non-hydrogen) atoms. The fraction of sp³-hybridized carbons (Fsp3) is 0.0769. The number of para-hydroxylation sites is 1. The number of amidine groups is 1. The first-order valence-corrected chi connectivity index (χ1v) is 7.25. The molecule has 104 valence electrons. The molecule has 0 bridgehead atoms. The van der Waals surface area contributed by atoms with Crippen molar-refractivity contribution >= 4 is 49.2 Å². The lowest BCUT2D eigenvalue weighted by atomic mass is 10.1. The molecule has 1 aromatic heterocycles. The number of rotatable bonds is 3. The quantitative estimate of drug-likeness (QED) is 0.358. The van der Waals surface area contributed by atoms with Crippen LogP contribution in [-0.2, 0) is 0 Å². The summed E-state index contributed by atoms with van der Waals surface area (Å²) in [6.45, 7) is 0. The summed E-state index contributed by atoms with van der Waals surface area (Å²) >= 11 is 6.85. The number of anilines is 2. The molecule has 1 heterocycles. The zero-order valence-electron chi connectivity index (χ0n) is 10.6. The van der Waals surface area contributed by atoms with E-state index in [0.717, 1.165) is 20.5 Å². The Morgan fingerprint density at radius 3 is 2.70 bits per heavy atom. The van der Waals surface area contributed by atoms with Gasteiger partial charge in [-0.2, -0.15) is 0 Å². The fourth-order valence-corrected chi connectivity index (χ4v) is 3.06. The molecular formula is C13H12Br2N4O. The van der Waals surface area contributed by atoms with E-state index in [1.807, 2.05) is 36.2 Å². The third kappa shape index (κ3) is 2.94. The maximum Gasteiger partial charge on any atom is 0.172 e. The molecular weight excluding hydrogens is 388 g/mol. The molecule has 2 rings (SSSR count). The predicted octanol–water partition coefficient (Wildman–Crippen LogP) is 3.47. The number of pyridine rings is 1. The van der Waals surface area contributed by atoms with Gasteiger partial charge in [0.2, 0.25) is 0 Å². The number of hydrogen-bond acceptors (Lipinski definition) is 4. The van der Waals surface area contributed by atoms with Crippen molar-refractivity contribution in [2.24, 2.45) is 10.9 Å². The van der Waals surface area contributed by atoms with Crippen molar-refractivity contribution in [1.29, 1.82) is 0 Å². The molecule has 1 aromatic carbocycles. The molecule has 0 spiro atoms. The molecule has 0 amide bonds. The minimum atomic E-state index is 0.0562. The van der Waals surface area contributed by atoms with Gasteiger partial charge in [-0.3, -0.25) is 0 Å². The van der Waals surface area contributed by atoms with Gasteiger partial charge >= 0.3 is 0 Å². The summed E-state index contributed by atoms with van der Waals surface area (Å²) in [5, 5.41) is 11.9. The van der Waals surface area contributed by atoms with Gasteiger partial charge < -0.3 is 15.8 Å². The summed E-state index contributed by atoms with van der Waals surface area (Å²) in [4.78, 5) is 6.23. The van der Waals surface area contributed by atoms with Crippen LogP contribution in [0.25, 0.3) is 0 Å². The lowest BCUT2D eigenvalue weighted by Crippen LogP contribution is -2.20. The van der Waals surface area contributed by atoms with E-state index in [-0.39, 0.29) is 5.84 Å². The second kappa shape index (κ2) is 6.23. The summed E-state index contributed by atoms with van der Waals surface area (Å²) < 4.78 is 1.72. The number of nitrogens with two attached hydrogens (primary N) is 1. The summed E-state index contributed by atoms with van der Waals surface area (Å²) in [6.07, 6.45) is 1.71. The Balaban J connectivity index is 2.51. The minimum Gasteiger partial charge on any atom is -0.409 e. The maximum atomic E-state index is 8.87. The Hall–Kier alpha value is -1.60. The van der Waals surface area contributed by atoms with E-state index in [9.17, 15) is 0 Å². The van der Waals surface area contributed by atoms with Gasteiger partial charge in [-0.05, 0) is 50.1 Å². The van der Waals surface area contributed by atoms with E-state index in [2.05, 4.69) is 42.0 Å². The van der Waals surface area contributed by atoms with Gasteiger partial charge in [-0.25, -0.2) is 4.98 Å². The maximum absolute atomic E-state index is 8.87. The number of benzene rings is 1. The van der Waals surface area contributed by atoms with Crippen molar-refractivity contribution < 1.29 is 5.21 Å². The van der Waals surface area contributed by atoms with Crippen molar-refractivity contribution in [3.8, 4) is 0 Å². The van der Waals surface area contributed by atoms with Crippen molar-refractivity contribution in [2.75, 3.05) is 11.9 Å².